The van der Waals surface area contributed by atoms with Crippen molar-refractivity contribution >= 4 is 11.6 Å². The summed E-state index contributed by atoms with van der Waals surface area (Å²) in [6.45, 7) is 7.11. The predicted octanol–water partition coefficient (Wildman–Crippen LogP) is 3.52. The van der Waals surface area contributed by atoms with E-state index in [1.165, 1.54) is 12.1 Å². The van der Waals surface area contributed by atoms with Crippen LogP contribution in [0.15, 0.2) is 24.4 Å². The summed E-state index contributed by atoms with van der Waals surface area (Å²) in [5.41, 5.74) is 9.26. The van der Waals surface area contributed by atoms with Crippen LogP contribution in [-0.2, 0) is 0 Å². The van der Waals surface area contributed by atoms with Crippen molar-refractivity contribution in [1.82, 2.24) is 10.3 Å². The molecule has 1 aromatic heterocycles. The Kier molecular flexibility index (Phi) is 5.44. The number of benzene rings is 1. The number of nitrogens with one attached hydrogen (secondary N) is 1. The monoisotopic (exact) mass is 421 g/mol. The highest BCUT2D eigenvalue weighted by Gasteiger charge is 2.35. The van der Waals surface area contributed by atoms with Crippen LogP contribution in [0, 0.1) is 30.0 Å². The summed E-state index contributed by atoms with van der Waals surface area (Å²) in [7, 11) is 0. The SMILES string of the molecule is Cc1ncc(C(=O)NC(C)C2CC2)c(N2CC[C@](C)(N)C2)c1-c1cc(F)cc(C#N)c1. The molecule has 0 bridgehead atoms. The summed E-state index contributed by atoms with van der Waals surface area (Å²) >= 11 is 0. The fourth-order valence-electron chi connectivity index (χ4n) is 4.41. The standard InChI is InChI=1S/C24H28FN5O/c1-14(17-4-5-17)29-23(31)20-12-28-15(2)21(18-8-16(11-26)9-19(25)10-18)22(20)30-7-6-24(3,27)13-30/h8-10,12,14,17H,4-7,13,27H2,1-3H3,(H,29,31)/t14?,24-/m0/s1. The van der Waals surface area contributed by atoms with Gasteiger partial charge in [-0.05, 0) is 69.7 Å². The average molecular weight is 422 g/mol. The number of aryl methyl sites for hydroxylation is 1. The zero-order valence-electron chi connectivity index (χ0n) is 18.2. The third kappa shape index (κ3) is 4.40. The van der Waals surface area contributed by atoms with Gasteiger partial charge in [-0.1, -0.05) is 0 Å². The van der Waals surface area contributed by atoms with Gasteiger partial charge in [0.2, 0.25) is 0 Å². The molecule has 4 rings (SSSR count). The van der Waals surface area contributed by atoms with E-state index in [4.69, 9.17) is 5.73 Å². The first-order valence-corrected chi connectivity index (χ1v) is 10.7. The van der Waals surface area contributed by atoms with Crippen molar-refractivity contribution in [2.24, 2.45) is 11.7 Å². The number of halogens is 1. The fourth-order valence-corrected chi connectivity index (χ4v) is 4.41. The second-order valence-corrected chi connectivity index (χ2v) is 9.25. The number of anilines is 1. The van der Waals surface area contributed by atoms with Gasteiger partial charge in [-0.3, -0.25) is 9.78 Å². The van der Waals surface area contributed by atoms with Gasteiger partial charge in [0.1, 0.15) is 5.82 Å². The Balaban J connectivity index is 1.86. The van der Waals surface area contributed by atoms with Gasteiger partial charge in [-0.2, -0.15) is 5.26 Å². The molecule has 162 valence electrons. The first-order chi connectivity index (χ1) is 14.7. The van der Waals surface area contributed by atoms with Crippen molar-refractivity contribution in [1.29, 1.82) is 5.26 Å². The van der Waals surface area contributed by atoms with Crippen molar-refractivity contribution < 1.29 is 9.18 Å². The van der Waals surface area contributed by atoms with Crippen LogP contribution in [0.2, 0.25) is 0 Å². The van der Waals surface area contributed by atoms with E-state index < -0.39 is 5.82 Å². The summed E-state index contributed by atoms with van der Waals surface area (Å²) in [6.07, 6.45) is 4.63. The third-order valence-electron chi connectivity index (χ3n) is 6.31. The summed E-state index contributed by atoms with van der Waals surface area (Å²) in [5, 5.41) is 12.4. The topological polar surface area (TPSA) is 95.0 Å². The Bertz CT molecular complexity index is 1070. The minimum Gasteiger partial charge on any atom is -0.368 e. The minimum absolute atomic E-state index is 0.0859. The van der Waals surface area contributed by atoms with Crippen LogP contribution in [0.4, 0.5) is 10.1 Å². The number of nitriles is 1. The van der Waals surface area contributed by atoms with Crippen LogP contribution >= 0.6 is 0 Å². The lowest BCUT2D eigenvalue weighted by atomic mass is 9.96. The molecule has 1 unspecified atom stereocenters. The lowest BCUT2D eigenvalue weighted by Gasteiger charge is -2.28. The number of amides is 1. The number of pyridine rings is 1. The van der Waals surface area contributed by atoms with Crippen LogP contribution in [0.5, 0.6) is 0 Å². The molecule has 1 aliphatic heterocycles. The molecule has 2 fully saturated rings. The molecule has 1 aliphatic carbocycles. The molecule has 2 aliphatic rings. The third-order valence-corrected chi connectivity index (χ3v) is 6.31. The first-order valence-electron chi connectivity index (χ1n) is 10.7. The van der Waals surface area contributed by atoms with Crippen LogP contribution in [0.25, 0.3) is 11.1 Å². The molecular formula is C24H28FN5O. The number of hydrogen-bond acceptors (Lipinski definition) is 5. The van der Waals surface area contributed by atoms with Crippen LogP contribution < -0.4 is 16.0 Å². The largest absolute Gasteiger partial charge is 0.368 e. The van der Waals surface area contributed by atoms with E-state index in [0.717, 1.165) is 19.3 Å². The number of aromatic nitrogens is 1. The Hall–Kier alpha value is -2.98. The summed E-state index contributed by atoms with van der Waals surface area (Å²) in [4.78, 5) is 19.8. The number of rotatable bonds is 5. The van der Waals surface area contributed by atoms with Crippen LogP contribution in [0.1, 0.15) is 54.7 Å². The molecule has 3 N–H and O–H groups in total. The van der Waals surface area contributed by atoms with E-state index in [2.05, 4.69) is 15.2 Å². The van der Waals surface area contributed by atoms with Crippen molar-refractivity contribution in [2.75, 3.05) is 18.0 Å². The van der Waals surface area contributed by atoms with Gasteiger partial charge >= 0.3 is 0 Å². The quantitative estimate of drug-likeness (QED) is 0.770. The number of nitrogens with two attached hydrogens (primary N) is 1. The number of hydrogen-bond donors (Lipinski definition) is 2. The first kappa shape index (κ1) is 21.3. The molecule has 2 heterocycles. The smallest absolute Gasteiger partial charge is 0.255 e. The highest BCUT2D eigenvalue weighted by Crippen LogP contribution is 2.40. The van der Waals surface area contributed by atoms with E-state index >= 15 is 0 Å². The van der Waals surface area contributed by atoms with E-state index in [1.807, 2.05) is 26.8 Å². The van der Waals surface area contributed by atoms with Crippen molar-refractivity contribution in [2.45, 2.75) is 51.6 Å². The number of carbonyl (C=O) groups is 1. The second kappa shape index (κ2) is 7.93. The molecule has 2 atom stereocenters. The molecule has 0 spiro atoms. The summed E-state index contributed by atoms with van der Waals surface area (Å²) < 4.78 is 14.3. The summed E-state index contributed by atoms with van der Waals surface area (Å²) in [5.74, 6) is -0.168. The molecule has 0 radical (unpaired) electrons. The normalized spacial score (nSPS) is 21.6. The van der Waals surface area contributed by atoms with Gasteiger partial charge in [0.15, 0.2) is 0 Å². The zero-order valence-corrected chi connectivity index (χ0v) is 18.2. The molecular weight excluding hydrogens is 393 g/mol. The lowest BCUT2D eigenvalue weighted by molar-refractivity contribution is 0.0936. The molecule has 6 nitrogen and oxygen atoms in total. The Labute approximate surface area is 182 Å². The van der Waals surface area contributed by atoms with Crippen molar-refractivity contribution in [3.05, 3.63) is 47.0 Å². The van der Waals surface area contributed by atoms with Gasteiger partial charge in [-0.15, -0.1) is 0 Å². The lowest BCUT2D eigenvalue weighted by Crippen LogP contribution is -2.40. The molecule has 1 saturated heterocycles. The second-order valence-electron chi connectivity index (χ2n) is 9.25. The van der Waals surface area contributed by atoms with Gasteiger partial charge in [-0.25, -0.2) is 4.39 Å². The maximum Gasteiger partial charge on any atom is 0.255 e. The van der Waals surface area contributed by atoms with Crippen LogP contribution in [0.3, 0.4) is 0 Å². The highest BCUT2D eigenvalue weighted by molar-refractivity contribution is 6.04. The van der Waals surface area contributed by atoms with E-state index in [9.17, 15) is 14.4 Å². The molecule has 7 heteroatoms. The van der Waals surface area contributed by atoms with Crippen molar-refractivity contribution in [3.63, 3.8) is 0 Å². The molecule has 1 saturated carbocycles. The Morgan fingerprint density at radius 1 is 1.42 bits per heavy atom. The van der Waals surface area contributed by atoms with E-state index in [0.29, 0.717) is 47.1 Å². The van der Waals surface area contributed by atoms with Gasteiger partial charge < -0.3 is 16.0 Å². The van der Waals surface area contributed by atoms with Crippen LogP contribution in [-0.4, -0.2) is 35.6 Å². The van der Waals surface area contributed by atoms with Crippen molar-refractivity contribution in [3.8, 4) is 17.2 Å². The van der Waals surface area contributed by atoms with Gasteiger partial charge in [0, 0.05) is 42.1 Å². The van der Waals surface area contributed by atoms with E-state index in [1.54, 1.807) is 12.3 Å². The summed E-state index contributed by atoms with van der Waals surface area (Å²) in [6, 6.07) is 6.33. The van der Waals surface area contributed by atoms with E-state index in [-0.39, 0.29) is 23.1 Å². The minimum atomic E-state index is -0.498. The zero-order chi connectivity index (χ0) is 22.3. The Morgan fingerprint density at radius 2 is 2.16 bits per heavy atom. The number of nitrogens with zero attached hydrogens (tertiary/aromatic N) is 3. The fraction of sp³-hybridized carbons (Fsp3) is 0.458. The number of carbonyl (C=O) groups excluding carboxylic acids is 1. The molecule has 31 heavy (non-hydrogen) atoms. The molecule has 2 aromatic rings. The maximum atomic E-state index is 14.3. The highest BCUT2D eigenvalue weighted by atomic mass is 19.1. The maximum absolute atomic E-state index is 14.3. The molecule has 1 amide bonds. The molecule has 1 aromatic carbocycles. The van der Waals surface area contributed by atoms with Gasteiger partial charge in [0.25, 0.3) is 5.91 Å². The average Bonchev–Trinajstić information content (AvgIpc) is 3.50. The Morgan fingerprint density at radius 3 is 2.77 bits per heavy atom. The van der Waals surface area contributed by atoms with Gasteiger partial charge in [0.05, 0.1) is 22.9 Å². The predicted molar refractivity (Wildman–Crippen MR) is 118 cm³/mol.